The molecule has 0 saturated heterocycles. The van der Waals surface area contributed by atoms with Gasteiger partial charge in [-0.15, -0.1) is 0 Å². The first-order valence-electron chi connectivity index (χ1n) is 8.15. The molecule has 1 aromatic heterocycles. The maximum Gasteiger partial charge on any atom is 0.267 e. The summed E-state index contributed by atoms with van der Waals surface area (Å²) >= 11 is 5.89. The molecule has 0 bridgehead atoms. The number of allylic oxidation sites excluding steroid dienone is 2. The number of nitrogens with zero attached hydrogens (tertiary/aromatic N) is 2. The molecule has 1 N–H and O–H groups in total. The van der Waals surface area contributed by atoms with Gasteiger partial charge >= 0.3 is 0 Å². The van der Waals surface area contributed by atoms with Crippen LogP contribution < -0.4 is 10.9 Å². The summed E-state index contributed by atoms with van der Waals surface area (Å²) in [5, 5.41) is 7.67. The third kappa shape index (κ3) is 4.21. The van der Waals surface area contributed by atoms with Crippen molar-refractivity contribution in [3.63, 3.8) is 0 Å². The van der Waals surface area contributed by atoms with Crippen LogP contribution in [-0.2, 0) is 16.1 Å². The molecule has 0 aliphatic heterocycles. The third-order valence-corrected chi connectivity index (χ3v) is 4.16. The van der Waals surface area contributed by atoms with E-state index in [4.69, 9.17) is 16.3 Å². The highest BCUT2D eigenvalue weighted by Gasteiger charge is 2.14. The Morgan fingerprint density at radius 2 is 1.92 bits per heavy atom. The molecule has 0 unspecified atom stereocenters. The molecule has 3 rings (SSSR count). The molecular weight excluding hydrogens is 354 g/mol. The van der Waals surface area contributed by atoms with E-state index in [1.165, 1.54) is 6.07 Å². The van der Waals surface area contributed by atoms with Crippen LogP contribution >= 0.6 is 11.6 Å². The molecule has 26 heavy (non-hydrogen) atoms. The second kappa shape index (κ2) is 8.01. The molecule has 1 aliphatic carbocycles. The van der Waals surface area contributed by atoms with E-state index in [0.717, 1.165) is 23.1 Å². The van der Waals surface area contributed by atoms with Crippen LogP contribution in [0.4, 0.5) is 0 Å². The first kappa shape index (κ1) is 17.9. The van der Waals surface area contributed by atoms with E-state index in [-0.39, 0.29) is 18.0 Å². The summed E-state index contributed by atoms with van der Waals surface area (Å²) in [5.41, 5.74) is 1.66. The maximum atomic E-state index is 12.3. The zero-order valence-electron chi connectivity index (χ0n) is 14.2. The molecule has 0 spiro atoms. The van der Waals surface area contributed by atoms with E-state index in [0.29, 0.717) is 22.2 Å². The Morgan fingerprint density at radius 3 is 2.65 bits per heavy atom. The summed E-state index contributed by atoms with van der Waals surface area (Å²) in [6, 6.07) is 10.1. The maximum absolute atomic E-state index is 12.3. The highest BCUT2D eigenvalue weighted by atomic mass is 35.5. The Balaban J connectivity index is 1.77. The van der Waals surface area contributed by atoms with Crippen molar-refractivity contribution in [3.05, 3.63) is 75.4 Å². The van der Waals surface area contributed by atoms with Crippen molar-refractivity contribution in [1.82, 2.24) is 15.1 Å². The van der Waals surface area contributed by atoms with Gasteiger partial charge in [0.15, 0.2) is 0 Å². The van der Waals surface area contributed by atoms with Gasteiger partial charge in [0.25, 0.3) is 5.56 Å². The molecular formula is C19H18ClN3O3. The van der Waals surface area contributed by atoms with E-state index in [2.05, 4.69) is 10.4 Å². The predicted molar refractivity (Wildman–Crippen MR) is 99.5 cm³/mol. The monoisotopic (exact) mass is 371 g/mol. The number of carbonyl (C=O) groups excluding carboxylic acids is 1. The van der Waals surface area contributed by atoms with Gasteiger partial charge in [-0.1, -0.05) is 29.8 Å². The standard InChI is InChI=1S/C19H18ClN3O3/c1-26-17-5-3-2-4-16(17)21-18(24)12-23-19(25)11-10-15(22-23)13-6-8-14(20)9-7-13/h4-11H,2-3,12H2,1H3,(H,21,24). The summed E-state index contributed by atoms with van der Waals surface area (Å²) in [6.07, 6.45) is 5.51. The lowest BCUT2D eigenvalue weighted by Crippen LogP contribution is -2.34. The molecule has 1 amide bonds. The number of nitrogens with one attached hydrogen (secondary N) is 1. The second-order valence-electron chi connectivity index (χ2n) is 5.74. The van der Waals surface area contributed by atoms with E-state index < -0.39 is 0 Å². The van der Waals surface area contributed by atoms with E-state index in [9.17, 15) is 9.59 Å². The average molecular weight is 372 g/mol. The van der Waals surface area contributed by atoms with E-state index >= 15 is 0 Å². The number of ether oxygens (including phenoxy) is 1. The number of hydrogen-bond acceptors (Lipinski definition) is 4. The smallest absolute Gasteiger partial charge is 0.267 e. The second-order valence-corrected chi connectivity index (χ2v) is 6.17. The number of methoxy groups -OCH3 is 1. The minimum atomic E-state index is -0.349. The number of benzene rings is 1. The Kier molecular flexibility index (Phi) is 5.53. The number of carbonyl (C=O) groups is 1. The van der Waals surface area contributed by atoms with Gasteiger partial charge in [-0.05, 0) is 37.1 Å². The normalized spacial score (nSPS) is 13.6. The van der Waals surface area contributed by atoms with Crippen molar-refractivity contribution in [2.75, 3.05) is 7.11 Å². The zero-order chi connectivity index (χ0) is 18.5. The van der Waals surface area contributed by atoms with Crippen molar-refractivity contribution in [1.29, 1.82) is 0 Å². The van der Waals surface area contributed by atoms with Crippen LogP contribution in [0.15, 0.2) is 64.8 Å². The fourth-order valence-corrected chi connectivity index (χ4v) is 2.75. The number of aromatic nitrogens is 2. The number of halogens is 1. The lowest BCUT2D eigenvalue weighted by Gasteiger charge is -2.16. The number of rotatable bonds is 5. The van der Waals surface area contributed by atoms with Crippen LogP contribution in [0.3, 0.4) is 0 Å². The van der Waals surface area contributed by atoms with Crippen LogP contribution in [0.5, 0.6) is 0 Å². The molecule has 1 aromatic carbocycles. The zero-order valence-corrected chi connectivity index (χ0v) is 15.0. The van der Waals surface area contributed by atoms with Gasteiger partial charge in [0.2, 0.25) is 5.91 Å². The Labute approximate surface area is 155 Å². The first-order chi connectivity index (χ1) is 12.6. The van der Waals surface area contributed by atoms with Crippen LogP contribution in [0.1, 0.15) is 12.8 Å². The van der Waals surface area contributed by atoms with Crippen molar-refractivity contribution in [2.24, 2.45) is 0 Å². The topological polar surface area (TPSA) is 73.2 Å². The lowest BCUT2D eigenvalue weighted by atomic mass is 10.1. The molecule has 134 valence electrons. The van der Waals surface area contributed by atoms with Crippen molar-refractivity contribution in [3.8, 4) is 11.3 Å². The molecule has 0 fully saturated rings. The van der Waals surface area contributed by atoms with Gasteiger partial charge in [0.1, 0.15) is 12.3 Å². The minimum Gasteiger partial charge on any atom is -0.495 e. The van der Waals surface area contributed by atoms with Gasteiger partial charge in [0.05, 0.1) is 18.5 Å². The number of hydrogen-bond donors (Lipinski definition) is 1. The highest BCUT2D eigenvalue weighted by Crippen LogP contribution is 2.19. The van der Waals surface area contributed by atoms with Crippen LogP contribution in [0.25, 0.3) is 11.3 Å². The van der Waals surface area contributed by atoms with Gasteiger partial charge in [-0.3, -0.25) is 9.59 Å². The Morgan fingerprint density at radius 1 is 1.19 bits per heavy atom. The SMILES string of the molecule is COC1=CCCC=C1NC(=O)Cn1nc(-c2ccc(Cl)cc2)ccc1=O. The summed E-state index contributed by atoms with van der Waals surface area (Å²) in [4.78, 5) is 24.4. The molecule has 7 heteroatoms. The molecule has 1 aliphatic rings. The Bertz CT molecular complexity index is 930. The van der Waals surface area contributed by atoms with E-state index in [1.807, 2.05) is 24.3 Å². The molecule has 0 saturated carbocycles. The van der Waals surface area contributed by atoms with Crippen LogP contribution in [0.2, 0.25) is 5.02 Å². The quantitative estimate of drug-likeness (QED) is 0.877. The minimum absolute atomic E-state index is 0.186. The molecule has 0 atom stereocenters. The third-order valence-electron chi connectivity index (χ3n) is 3.90. The average Bonchev–Trinajstić information content (AvgIpc) is 2.64. The van der Waals surface area contributed by atoms with Gasteiger partial charge in [-0.2, -0.15) is 5.10 Å². The fraction of sp³-hybridized carbons (Fsp3) is 0.211. The molecule has 1 heterocycles. The Hall–Kier alpha value is -2.86. The summed E-state index contributed by atoms with van der Waals surface area (Å²) in [6.45, 7) is -0.186. The largest absolute Gasteiger partial charge is 0.495 e. The predicted octanol–water partition coefficient (Wildman–Crippen LogP) is 2.89. The molecule has 6 nitrogen and oxygen atoms in total. The highest BCUT2D eigenvalue weighted by molar-refractivity contribution is 6.30. The van der Waals surface area contributed by atoms with Crippen molar-refractivity contribution in [2.45, 2.75) is 19.4 Å². The van der Waals surface area contributed by atoms with Crippen molar-refractivity contribution >= 4 is 17.5 Å². The van der Waals surface area contributed by atoms with Crippen LogP contribution in [-0.4, -0.2) is 22.8 Å². The molecule has 0 radical (unpaired) electrons. The first-order valence-corrected chi connectivity index (χ1v) is 8.53. The van der Waals surface area contributed by atoms with E-state index in [1.54, 1.807) is 25.3 Å². The lowest BCUT2D eigenvalue weighted by molar-refractivity contribution is -0.121. The van der Waals surface area contributed by atoms with Crippen LogP contribution in [0, 0.1) is 0 Å². The van der Waals surface area contributed by atoms with Gasteiger partial charge < -0.3 is 10.1 Å². The van der Waals surface area contributed by atoms with Gasteiger partial charge in [0, 0.05) is 16.7 Å². The summed E-state index contributed by atoms with van der Waals surface area (Å²) in [7, 11) is 1.55. The summed E-state index contributed by atoms with van der Waals surface area (Å²) < 4.78 is 6.39. The fourth-order valence-electron chi connectivity index (χ4n) is 2.62. The van der Waals surface area contributed by atoms with Gasteiger partial charge in [-0.25, -0.2) is 4.68 Å². The molecule has 2 aromatic rings. The summed E-state index contributed by atoms with van der Waals surface area (Å²) in [5.74, 6) is 0.281. The number of amides is 1. The van der Waals surface area contributed by atoms with Crippen molar-refractivity contribution < 1.29 is 9.53 Å².